The van der Waals surface area contributed by atoms with Gasteiger partial charge in [0, 0.05) is 6.54 Å². The van der Waals surface area contributed by atoms with Crippen molar-refractivity contribution in [1.82, 2.24) is 5.32 Å². The molecule has 1 rings (SSSR count). The highest BCUT2D eigenvalue weighted by atomic mass is 35.5. The van der Waals surface area contributed by atoms with E-state index in [0.29, 0.717) is 6.54 Å². The number of hydrogen-bond acceptors (Lipinski definition) is 3. The van der Waals surface area contributed by atoms with Gasteiger partial charge in [0.15, 0.2) is 11.5 Å². The predicted octanol–water partition coefficient (Wildman–Crippen LogP) is 2.54. The van der Waals surface area contributed by atoms with Crippen LogP contribution in [0.15, 0.2) is 6.07 Å². The minimum atomic E-state index is -0.587. The van der Waals surface area contributed by atoms with E-state index in [4.69, 9.17) is 23.2 Å². The molecule has 1 aromatic rings. The molecule has 0 aliphatic heterocycles. The van der Waals surface area contributed by atoms with Gasteiger partial charge in [0.05, 0.1) is 15.6 Å². The second-order valence-corrected chi connectivity index (χ2v) is 3.96. The minimum absolute atomic E-state index is 0.0374. The van der Waals surface area contributed by atoms with E-state index in [9.17, 15) is 15.0 Å². The van der Waals surface area contributed by atoms with Gasteiger partial charge in [-0.1, -0.05) is 30.1 Å². The van der Waals surface area contributed by atoms with Crippen LogP contribution in [0.3, 0.4) is 0 Å². The Morgan fingerprint density at radius 1 is 1.38 bits per heavy atom. The first-order valence-corrected chi connectivity index (χ1v) is 5.42. The van der Waals surface area contributed by atoms with Crippen molar-refractivity contribution in [2.45, 2.75) is 13.3 Å². The molecule has 0 heterocycles. The van der Waals surface area contributed by atoms with Gasteiger partial charge in [-0.25, -0.2) is 0 Å². The molecular weight excluding hydrogens is 253 g/mol. The van der Waals surface area contributed by atoms with Gasteiger partial charge in [0.25, 0.3) is 5.91 Å². The van der Waals surface area contributed by atoms with E-state index in [0.717, 1.165) is 6.42 Å². The molecular formula is C10H11Cl2NO3. The van der Waals surface area contributed by atoms with Gasteiger partial charge in [-0.3, -0.25) is 4.79 Å². The fraction of sp³-hybridized carbons (Fsp3) is 0.300. The molecule has 0 unspecified atom stereocenters. The van der Waals surface area contributed by atoms with Crippen molar-refractivity contribution in [2.75, 3.05) is 6.54 Å². The lowest BCUT2D eigenvalue weighted by Gasteiger charge is -2.09. The fourth-order valence-electron chi connectivity index (χ4n) is 1.10. The van der Waals surface area contributed by atoms with E-state index in [2.05, 4.69) is 5.32 Å². The Balaban J connectivity index is 3.10. The van der Waals surface area contributed by atoms with E-state index in [1.807, 2.05) is 6.92 Å². The minimum Gasteiger partial charge on any atom is -0.503 e. The zero-order valence-electron chi connectivity index (χ0n) is 8.55. The number of hydrogen-bond donors (Lipinski definition) is 3. The second-order valence-electron chi connectivity index (χ2n) is 3.17. The molecule has 1 aromatic carbocycles. The SMILES string of the molecule is CCCNC(=O)c1cc(Cl)c(O)c(O)c1Cl. The molecule has 1 amide bonds. The van der Waals surface area contributed by atoms with Crippen LogP contribution in [0.5, 0.6) is 11.5 Å². The van der Waals surface area contributed by atoms with Gasteiger partial charge in [0.2, 0.25) is 0 Å². The average Bonchev–Trinajstić information content (AvgIpc) is 2.28. The number of carbonyl (C=O) groups excluding carboxylic acids is 1. The zero-order chi connectivity index (χ0) is 12.3. The van der Waals surface area contributed by atoms with Crippen LogP contribution in [0, 0.1) is 0 Å². The number of aromatic hydroxyl groups is 2. The van der Waals surface area contributed by atoms with Crippen molar-refractivity contribution in [1.29, 1.82) is 0 Å². The lowest BCUT2D eigenvalue weighted by atomic mass is 10.2. The average molecular weight is 264 g/mol. The Bertz CT molecular complexity index is 421. The zero-order valence-corrected chi connectivity index (χ0v) is 10.1. The molecule has 0 aromatic heterocycles. The first-order chi connectivity index (χ1) is 7.49. The summed E-state index contributed by atoms with van der Waals surface area (Å²) in [5.74, 6) is -1.56. The van der Waals surface area contributed by atoms with Crippen LogP contribution in [0.2, 0.25) is 10.0 Å². The van der Waals surface area contributed by atoms with Crippen LogP contribution < -0.4 is 5.32 Å². The van der Waals surface area contributed by atoms with Gasteiger partial charge in [-0.15, -0.1) is 0 Å². The molecule has 0 radical (unpaired) electrons. The normalized spacial score (nSPS) is 10.2. The summed E-state index contributed by atoms with van der Waals surface area (Å²) in [7, 11) is 0. The standard InChI is InChI=1S/C10H11Cl2NO3/c1-2-3-13-10(16)5-4-6(11)8(14)9(15)7(5)12/h4,14-15H,2-3H2,1H3,(H,13,16). The number of halogens is 2. The highest BCUT2D eigenvalue weighted by molar-refractivity contribution is 6.38. The first-order valence-electron chi connectivity index (χ1n) is 4.67. The number of rotatable bonds is 3. The maximum Gasteiger partial charge on any atom is 0.252 e. The molecule has 88 valence electrons. The Labute approximate surface area is 103 Å². The molecule has 4 nitrogen and oxygen atoms in total. The molecule has 6 heteroatoms. The number of benzene rings is 1. The highest BCUT2D eigenvalue weighted by Crippen LogP contribution is 2.41. The summed E-state index contributed by atoms with van der Waals surface area (Å²) < 4.78 is 0. The smallest absolute Gasteiger partial charge is 0.252 e. The van der Waals surface area contributed by atoms with Gasteiger partial charge in [-0.2, -0.15) is 0 Å². The van der Waals surface area contributed by atoms with Crippen molar-refractivity contribution in [3.8, 4) is 11.5 Å². The predicted molar refractivity (Wildman–Crippen MR) is 62.4 cm³/mol. The Morgan fingerprint density at radius 2 is 2.00 bits per heavy atom. The van der Waals surface area contributed by atoms with Crippen molar-refractivity contribution in [2.24, 2.45) is 0 Å². The molecule has 0 aliphatic rings. The maximum atomic E-state index is 11.6. The van der Waals surface area contributed by atoms with Gasteiger partial charge in [0.1, 0.15) is 0 Å². The van der Waals surface area contributed by atoms with Crippen molar-refractivity contribution in [3.63, 3.8) is 0 Å². The van der Waals surface area contributed by atoms with E-state index >= 15 is 0 Å². The lowest BCUT2D eigenvalue weighted by Crippen LogP contribution is -2.24. The number of amides is 1. The third-order valence-electron chi connectivity index (χ3n) is 1.95. The van der Waals surface area contributed by atoms with E-state index in [-0.39, 0.29) is 15.6 Å². The third kappa shape index (κ3) is 2.51. The van der Waals surface area contributed by atoms with Crippen LogP contribution in [0.1, 0.15) is 23.7 Å². The molecule has 3 N–H and O–H groups in total. The number of nitrogens with one attached hydrogen (secondary N) is 1. The molecule has 0 saturated heterocycles. The van der Waals surface area contributed by atoms with Crippen molar-refractivity contribution < 1.29 is 15.0 Å². The highest BCUT2D eigenvalue weighted by Gasteiger charge is 2.19. The van der Waals surface area contributed by atoms with Crippen molar-refractivity contribution in [3.05, 3.63) is 21.7 Å². The van der Waals surface area contributed by atoms with E-state index < -0.39 is 17.4 Å². The second kappa shape index (κ2) is 5.27. The molecule has 16 heavy (non-hydrogen) atoms. The van der Waals surface area contributed by atoms with Crippen LogP contribution in [-0.2, 0) is 0 Å². The van der Waals surface area contributed by atoms with Gasteiger partial charge in [-0.05, 0) is 12.5 Å². The summed E-state index contributed by atoms with van der Waals surface area (Å²) in [6, 6.07) is 1.21. The molecule has 0 aliphatic carbocycles. The van der Waals surface area contributed by atoms with Gasteiger partial charge < -0.3 is 15.5 Å². The van der Waals surface area contributed by atoms with E-state index in [1.54, 1.807) is 0 Å². The maximum absolute atomic E-state index is 11.6. The summed E-state index contributed by atoms with van der Waals surface area (Å²) in [5, 5.41) is 20.9. The summed E-state index contributed by atoms with van der Waals surface area (Å²) in [6.07, 6.45) is 0.779. The topological polar surface area (TPSA) is 69.6 Å². The van der Waals surface area contributed by atoms with Gasteiger partial charge >= 0.3 is 0 Å². The van der Waals surface area contributed by atoms with Crippen LogP contribution >= 0.6 is 23.2 Å². The molecule has 0 spiro atoms. The van der Waals surface area contributed by atoms with Crippen LogP contribution in [0.25, 0.3) is 0 Å². The quantitative estimate of drug-likeness (QED) is 0.735. The Kier molecular flexibility index (Phi) is 4.26. The number of phenols is 2. The van der Waals surface area contributed by atoms with Crippen molar-refractivity contribution >= 4 is 29.1 Å². The van der Waals surface area contributed by atoms with Crippen LogP contribution in [0.4, 0.5) is 0 Å². The number of carbonyl (C=O) groups is 1. The third-order valence-corrected chi connectivity index (χ3v) is 2.62. The van der Waals surface area contributed by atoms with E-state index in [1.165, 1.54) is 6.07 Å². The summed E-state index contributed by atoms with van der Waals surface area (Å²) >= 11 is 11.3. The summed E-state index contributed by atoms with van der Waals surface area (Å²) in [6.45, 7) is 2.40. The summed E-state index contributed by atoms with van der Waals surface area (Å²) in [5.41, 5.74) is 0.0374. The first kappa shape index (κ1) is 12.9. The molecule has 0 fully saturated rings. The largest absolute Gasteiger partial charge is 0.503 e. The Hall–Kier alpha value is -1.13. The molecule has 0 bridgehead atoms. The summed E-state index contributed by atoms with van der Waals surface area (Å²) in [4.78, 5) is 11.6. The van der Waals surface area contributed by atoms with Crippen LogP contribution in [-0.4, -0.2) is 22.7 Å². The number of phenolic OH excluding ortho intramolecular Hbond substituents is 2. The molecule has 0 atom stereocenters. The lowest BCUT2D eigenvalue weighted by molar-refractivity contribution is 0.0953. The molecule has 0 saturated carbocycles. The fourth-order valence-corrected chi connectivity index (χ4v) is 1.53. The monoisotopic (exact) mass is 263 g/mol. The Morgan fingerprint density at radius 3 is 2.56 bits per heavy atom.